The molecule has 90 valence electrons. The number of carbonyl (C=O) groups is 1. The molecule has 0 aromatic rings. The number of rotatable bonds is 4. The number of nitrogens with one attached hydrogen (secondary N) is 1. The quantitative estimate of drug-likeness (QED) is 0.411. The summed E-state index contributed by atoms with van der Waals surface area (Å²) in [6, 6.07) is 0. The molecule has 1 amide bonds. The van der Waals surface area contributed by atoms with Crippen molar-refractivity contribution in [1.82, 2.24) is 10.2 Å². The topological polar surface area (TPSA) is 64.9 Å². The number of oxime groups is 1. The first-order chi connectivity index (χ1) is 7.78. The molecule has 1 saturated heterocycles. The zero-order chi connectivity index (χ0) is 11.4. The lowest BCUT2D eigenvalue weighted by Crippen LogP contribution is -2.41. The van der Waals surface area contributed by atoms with Gasteiger partial charge in [-0.15, -0.1) is 0 Å². The van der Waals surface area contributed by atoms with Crippen molar-refractivity contribution in [3.63, 3.8) is 0 Å². The predicted molar refractivity (Wildman–Crippen MR) is 60.6 cm³/mol. The van der Waals surface area contributed by atoms with Gasteiger partial charge in [0.2, 0.25) is 0 Å². The van der Waals surface area contributed by atoms with Crippen molar-refractivity contribution in [2.75, 3.05) is 26.2 Å². The van der Waals surface area contributed by atoms with Crippen LogP contribution in [0.15, 0.2) is 5.16 Å². The second-order valence-electron chi connectivity index (χ2n) is 4.84. The van der Waals surface area contributed by atoms with E-state index in [2.05, 4.69) is 15.4 Å². The molecule has 1 heterocycles. The van der Waals surface area contributed by atoms with E-state index < -0.39 is 0 Å². The van der Waals surface area contributed by atoms with E-state index in [-0.39, 0.29) is 5.91 Å². The molecule has 2 unspecified atom stereocenters. The SMILES string of the molecule is O=C(C=NO)NCCN1CC2CCC(C2)C1. The first kappa shape index (κ1) is 11.4. The molecule has 5 nitrogen and oxygen atoms in total. The minimum atomic E-state index is -0.331. The summed E-state index contributed by atoms with van der Waals surface area (Å²) in [5, 5.41) is 13.5. The maximum absolute atomic E-state index is 11.0. The van der Waals surface area contributed by atoms with Gasteiger partial charge in [0.15, 0.2) is 0 Å². The lowest BCUT2D eigenvalue weighted by molar-refractivity contribution is -0.114. The van der Waals surface area contributed by atoms with Gasteiger partial charge < -0.3 is 15.4 Å². The maximum Gasteiger partial charge on any atom is 0.265 e. The van der Waals surface area contributed by atoms with Crippen LogP contribution in [-0.2, 0) is 4.79 Å². The van der Waals surface area contributed by atoms with Crippen LogP contribution in [0.5, 0.6) is 0 Å². The minimum Gasteiger partial charge on any atom is -0.411 e. The molecule has 2 atom stereocenters. The highest BCUT2D eigenvalue weighted by molar-refractivity contribution is 6.25. The van der Waals surface area contributed by atoms with Crippen molar-refractivity contribution in [3.8, 4) is 0 Å². The lowest BCUT2D eigenvalue weighted by Gasteiger charge is -2.31. The van der Waals surface area contributed by atoms with Gasteiger partial charge in [0.05, 0.1) is 0 Å². The highest BCUT2D eigenvalue weighted by atomic mass is 16.4. The van der Waals surface area contributed by atoms with Crippen LogP contribution in [0, 0.1) is 11.8 Å². The van der Waals surface area contributed by atoms with Crippen molar-refractivity contribution in [2.45, 2.75) is 19.3 Å². The van der Waals surface area contributed by atoms with E-state index in [4.69, 9.17) is 5.21 Å². The predicted octanol–water partition coefficient (Wildman–Crippen LogP) is 0.294. The molecule has 2 rings (SSSR count). The van der Waals surface area contributed by atoms with Crippen LogP contribution in [0.3, 0.4) is 0 Å². The smallest absolute Gasteiger partial charge is 0.265 e. The van der Waals surface area contributed by atoms with E-state index >= 15 is 0 Å². The van der Waals surface area contributed by atoms with Gasteiger partial charge >= 0.3 is 0 Å². The third kappa shape index (κ3) is 2.95. The summed E-state index contributed by atoms with van der Waals surface area (Å²) in [7, 11) is 0. The average Bonchev–Trinajstić information content (AvgIpc) is 2.59. The highest BCUT2D eigenvalue weighted by Gasteiger charge is 2.32. The molecule has 1 saturated carbocycles. The van der Waals surface area contributed by atoms with Crippen LogP contribution in [0.4, 0.5) is 0 Å². The van der Waals surface area contributed by atoms with Gasteiger partial charge in [-0.1, -0.05) is 5.16 Å². The highest BCUT2D eigenvalue weighted by Crippen LogP contribution is 2.35. The molecule has 0 spiro atoms. The average molecular weight is 225 g/mol. The molecule has 16 heavy (non-hydrogen) atoms. The Morgan fingerprint density at radius 2 is 2.12 bits per heavy atom. The van der Waals surface area contributed by atoms with Crippen LogP contribution in [0.25, 0.3) is 0 Å². The van der Waals surface area contributed by atoms with Crippen LogP contribution >= 0.6 is 0 Å². The van der Waals surface area contributed by atoms with E-state index in [0.717, 1.165) is 24.6 Å². The summed E-state index contributed by atoms with van der Waals surface area (Å²) in [6.07, 6.45) is 5.05. The minimum absolute atomic E-state index is 0.331. The van der Waals surface area contributed by atoms with Crippen molar-refractivity contribution in [1.29, 1.82) is 0 Å². The number of piperidine rings is 1. The standard InChI is InChI=1S/C11H19N3O2/c15-11(6-13-16)12-3-4-14-7-9-1-2-10(5-9)8-14/h6,9-10,16H,1-5,7-8H2,(H,12,15). The second-order valence-corrected chi connectivity index (χ2v) is 4.84. The van der Waals surface area contributed by atoms with Crippen LogP contribution in [0.2, 0.25) is 0 Å². The van der Waals surface area contributed by atoms with Gasteiger partial charge in [-0.3, -0.25) is 4.79 Å². The normalized spacial score (nSPS) is 29.8. The molecule has 0 aromatic heterocycles. The summed E-state index contributed by atoms with van der Waals surface area (Å²) < 4.78 is 0. The molecule has 2 N–H and O–H groups in total. The van der Waals surface area contributed by atoms with Crippen LogP contribution in [-0.4, -0.2) is 48.4 Å². The van der Waals surface area contributed by atoms with Gasteiger partial charge in [0.25, 0.3) is 5.91 Å². The number of amides is 1. The molecular formula is C11H19N3O2. The molecule has 2 bridgehead atoms. The van der Waals surface area contributed by atoms with Gasteiger partial charge in [0, 0.05) is 26.2 Å². The monoisotopic (exact) mass is 225 g/mol. The number of hydrogen-bond donors (Lipinski definition) is 2. The molecule has 2 aliphatic rings. The number of fused-ring (bicyclic) bond motifs is 2. The second kappa shape index (κ2) is 5.30. The number of likely N-dealkylation sites (tertiary alicyclic amines) is 1. The van der Waals surface area contributed by atoms with Crippen LogP contribution < -0.4 is 5.32 Å². The molecule has 1 aliphatic carbocycles. The number of nitrogens with zero attached hydrogens (tertiary/aromatic N) is 2. The first-order valence-corrected chi connectivity index (χ1v) is 5.95. The molecule has 0 aromatic carbocycles. The third-order valence-corrected chi connectivity index (χ3v) is 3.58. The summed E-state index contributed by atoms with van der Waals surface area (Å²) in [5.41, 5.74) is 0. The Morgan fingerprint density at radius 1 is 1.44 bits per heavy atom. The largest absolute Gasteiger partial charge is 0.411 e. The Hall–Kier alpha value is -1.10. The summed E-state index contributed by atoms with van der Waals surface area (Å²) in [5.74, 6) is 1.43. The molecular weight excluding hydrogens is 206 g/mol. The Morgan fingerprint density at radius 3 is 2.75 bits per heavy atom. The maximum atomic E-state index is 11.0. The molecule has 1 aliphatic heterocycles. The van der Waals surface area contributed by atoms with Gasteiger partial charge in [-0.05, 0) is 31.1 Å². The van der Waals surface area contributed by atoms with Gasteiger partial charge in [0.1, 0.15) is 6.21 Å². The fraction of sp³-hybridized carbons (Fsp3) is 0.818. The summed E-state index contributed by atoms with van der Waals surface area (Å²) in [4.78, 5) is 13.4. The zero-order valence-corrected chi connectivity index (χ0v) is 9.43. The van der Waals surface area contributed by atoms with E-state index in [1.807, 2.05) is 0 Å². The molecule has 2 fully saturated rings. The van der Waals surface area contributed by atoms with E-state index in [0.29, 0.717) is 6.54 Å². The Bertz CT molecular complexity index is 268. The fourth-order valence-electron chi connectivity index (χ4n) is 2.93. The van der Waals surface area contributed by atoms with Crippen molar-refractivity contribution in [3.05, 3.63) is 0 Å². The summed E-state index contributed by atoms with van der Waals surface area (Å²) in [6.45, 7) is 3.89. The third-order valence-electron chi connectivity index (χ3n) is 3.58. The Kier molecular flexibility index (Phi) is 3.77. The zero-order valence-electron chi connectivity index (χ0n) is 9.43. The van der Waals surface area contributed by atoms with Crippen molar-refractivity contribution < 1.29 is 10.0 Å². The summed E-state index contributed by atoms with van der Waals surface area (Å²) >= 11 is 0. The Labute approximate surface area is 95.5 Å². The fourth-order valence-corrected chi connectivity index (χ4v) is 2.93. The number of hydrogen-bond acceptors (Lipinski definition) is 4. The molecule has 0 radical (unpaired) electrons. The van der Waals surface area contributed by atoms with Crippen molar-refractivity contribution in [2.24, 2.45) is 17.0 Å². The van der Waals surface area contributed by atoms with Gasteiger partial charge in [-0.2, -0.15) is 0 Å². The Balaban J connectivity index is 1.65. The van der Waals surface area contributed by atoms with E-state index in [9.17, 15) is 4.79 Å². The van der Waals surface area contributed by atoms with Crippen molar-refractivity contribution >= 4 is 12.1 Å². The number of carbonyl (C=O) groups excluding carboxylic acids is 1. The van der Waals surface area contributed by atoms with E-state index in [1.54, 1.807) is 0 Å². The lowest BCUT2D eigenvalue weighted by atomic mass is 9.99. The van der Waals surface area contributed by atoms with Gasteiger partial charge in [-0.25, -0.2) is 0 Å². The first-order valence-electron chi connectivity index (χ1n) is 5.95. The molecule has 5 heteroatoms. The van der Waals surface area contributed by atoms with E-state index in [1.165, 1.54) is 32.4 Å². The van der Waals surface area contributed by atoms with Crippen LogP contribution in [0.1, 0.15) is 19.3 Å².